The van der Waals surface area contributed by atoms with Crippen molar-refractivity contribution >= 4 is 11.6 Å². The van der Waals surface area contributed by atoms with E-state index in [1.807, 2.05) is 0 Å². The molecule has 3 heteroatoms. The molecule has 0 heterocycles. The lowest BCUT2D eigenvalue weighted by molar-refractivity contribution is 0.344. The SMILES string of the molecule is Cc1cc(C(Cl)C2CCCCC2)c(F)cc1F. The highest BCUT2D eigenvalue weighted by atomic mass is 35.5. The maximum atomic E-state index is 13.7. The van der Waals surface area contributed by atoms with Gasteiger partial charge in [0.25, 0.3) is 0 Å². The van der Waals surface area contributed by atoms with Gasteiger partial charge in [0.15, 0.2) is 0 Å². The fraction of sp³-hybridized carbons (Fsp3) is 0.571. The predicted octanol–water partition coefficient (Wildman–Crippen LogP) is 5.13. The molecule has 1 aromatic rings. The number of halogens is 3. The lowest BCUT2D eigenvalue weighted by atomic mass is 9.84. The van der Waals surface area contributed by atoms with Crippen molar-refractivity contribution in [2.75, 3.05) is 0 Å². The van der Waals surface area contributed by atoms with Gasteiger partial charge in [0, 0.05) is 11.6 Å². The summed E-state index contributed by atoms with van der Waals surface area (Å²) in [6.45, 7) is 1.64. The van der Waals surface area contributed by atoms with Gasteiger partial charge in [0.05, 0.1) is 5.38 Å². The monoisotopic (exact) mass is 258 g/mol. The molecule has 0 N–H and O–H groups in total. The number of rotatable bonds is 2. The number of hydrogen-bond donors (Lipinski definition) is 0. The van der Waals surface area contributed by atoms with Crippen LogP contribution in [0, 0.1) is 24.5 Å². The van der Waals surface area contributed by atoms with Crippen LogP contribution in [0.5, 0.6) is 0 Å². The summed E-state index contributed by atoms with van der Waals surface area (Å²) in [5.74, 6) is -0.692. The Morgan fingerprint density at radius 2 is 1.76 bits per heavy atom. The molecule has 0 spiro atoms. The number of hydrogen-bond acceptors (Lipinski definition) is 0. The summed E-state index contributed by atoms with van der Waals surface area (Å²) in [4.78, 5) is 0. The molecule has 1 aliphatic rings. The molecule has 1 aliphatic carbocycles. The third-order valence-corrected chi connectivity index (χ3v) is 4.23. The van der Waals surface area contributed by atoms with Gasteiger partial charge in [0.2, 0.25) is 0 Å². The van der Waals surface area contributed by atoms with Gasteiger partial charge < -0.3 is 0 Å². The molecule has 17 heavy (non-hydrogen) atoms. The van der Waals surface area contributed by atoms with E-state index in [2.05, 4.69) is 0 Å². The van der Waals surface area contributed by atoms with Crippen LogP contribution in [0.2, 0.25) is 0 Å². The first-order valence-electron chi connectivity index (χ1n) is 6.19. The Morgan fingerprint density at radius 1 is 1.12 bits per heavy atom. The van der Waals surface area contributed by atoms with Crippen LogP contribution in [0.15, 0.2) is 12.1 Å². The van der Waals surface area contributed by atoms with E-state index in [1.165, 1.54) is 6.42 Å². The fourth-order valence-corrected chi connectivity index (χ4v) is 2.99. The van der Waals surface area contributed by atoms with E-state index in [1.54, 1.807) is 13.0 Å². The molecule has 2 rings (SSSR count). The molecule has 0 bridgehead atoms. The highest BCUT2D eigenvalue weighted by Gasteiger charge is 2.25. The zero-order chi connectivity index (χ0) is 12.4. The Hall–Kier alpha value is -0.630. The summed E-state index contributed by atoms with van der Waals surface area (Å²) in [5.41, 5.74) is 0.917. The smallest absolute Gasteiger partial charge is 0.130 e. The van der Waals surface area contributed by atoms with Crippen molar-refractivity contribution in [1.82, 2.24) is 0 Å². The predicted molar refractivity (Wildman–Crippen MR) is 66.3 cm³/mol. The summed E-state index contributed by atoms with van der Waals surface area (Å²) in [6, 6.07) is 2.50. The highest BCUT2D eigenvalue weighted by Crippen LogP contribution is 2.40. The zero-order valence-corrected chi connectivity index (χ0v) is 10.7. The first-order chi connectivity index (χ1) is 8.09. The molecule has 0 aliphatic heterocycles. The summed E-state index contributed by atoms with van der Waals surface area (Å²) < 4.78 is 26.9. The largest absolute Gasteiger partial charge is 0.207 e. The lowest BCUT2D eigenvalue weighted by Crippen LogP contribution is -2.13. The van der Waals surface area contributed by atoms with Crippen molar-refractivity contribution in [3.63, 3.8) is 0 Å². The number of aryl methyl sites for hydroxylation is 1. The van der Waals surface area contributed by atoms with Crippen LogP contribution in [0.4, 0.5) is 8.78 Å². The second-order valence-electron chi connectivity index (χ2n) is 4.92. The van der Waals surface area contributed by atoms with E-state index in [9.17, 15) is 8.78 Å². The molecule has 1 fully saturated rings. The van der Waals surface area contributed by atoms with E-state index < -0.39 is 11.6 Å². The summed E-state index contributed by atoms with van der Waals surface area (Å²) in [6.07, 6.45) is 5.66. The molecule has 1 unspecified atom stereocenters. The Balaban J connectivity index is 2.23. The molecule has 0 radical (unpaired) electrons. The van der Waals surface area contributed by atoms with Gasteiger partial charge in [-0.2, -0.15) is 0 Å². The van der Waals surface area contributed by atoms with Crippen LogP contribution in [-0.4, -0.2) is 0 Å². The molecular formula is C14H17ClF2. The van der Waals surface area contributed by atoms with E-state index >= 15 is 0 Å². The van der Waals surface area contributed by atoms with E-state index in [0.717, 1.165) is 31.7 Å². The van der Waals surface area contributed by atoms with E-state index in [4.69, 9.17) is 11.6 Å². The maximum Gasteiger partial charge on any atom is 0.130 e. The van der Waals surface area contributed by atoms with Gasteiger partial charge in [-0.1, -0.05) is 19.3 Å². The van der Waals surface area contributed by atoms with Crippen LogP contribution in [0.25, 0.3) is 0 Å². The molecule has 1 aromatic carbocycles. The van der Waals surface area contributed by atoms with E-state index in [-0.39, 0.29) is 5.38 Å². The minimum atomic E-state index is -0.515. The topological polar surface area (TPSA) is 0 Å². The molecular weight excluding hydrogens is 242 g/mol. The van der Waals surface area contributed by atoms with Crippen LogP contribution in [0.3, 0.4) is 0 Å². The van der Waals surface area contributed by atoms with Crippen molar-refractivity contribution in [3.8, 4) is 0 Å². The van der Waals surface area contributed by atoms with E-state index in [0.29, 0.717) is 17.0 Å². The highest BCUT2D eigenvalue weighted by molar-refractivity contribution is 6.21. The molecule has 0 amide bonds. The Labute approximate surface area is 106 Å². The Kier molecular flexibility index (Phi) is 4.03. The minimum absolute atomic E-state index is 0.324. The fourth-order valence-electron chi connectivity index (χ4n) is 2.57. The second-order valence-corrected chi connectivity index (χ2v) is 5.39. The quantitative estimate of drug-likeness (QED) is 0.645. The average Bonchev–Trinajstić information content (AvgIpc) is 2.34. The summed E-state index contributed by atoms with van der Waals surface area (Å²) >= 11 is 6.35. The standard InChI is InChI=1S/C14H17ClF2/c1-9-7-11(13(17)8-12(9)16)14(15)10-5-3-2-4-6-10/h7-8,10,14H,2-6H2,1H3. The van der Waals surface area contributed by atoms with Gasteiger partial charge in [-0.05, 0) is 37.3 Å². The Morgan fingerprint density at radius 3 is 2.41 bits per heavy atom. The summed E-state index contributed by atoms with van der Waals surface area (Å²) in [5, 5.41) is -0.324. The molecule has 0 nitrogen and oxygen atoms in total. The van der Waals surface area contributed by atoms with Crippen molar-refractivity contribution in [2.24, 2.45) is 5.92 Å². The van der Waals surface area contributed by atoms with Gasteiger partial charge in [-0.25, -0.2) is 8.78 Å². The first-order valence-corrected chi connectivity index (χ1v) is 6.63. The molecule has 0 aromatic heterocycles. The van der Waals surface area contributed by atoms with Gasteiger partial charge in [0.1, 0.15) is 11.6 Å². The minimum Gasteiger partial charge on any atom is -0.207 e. The van der Waals surface area contributed by atoms with Crippen molar-refractivity contribution < 1.29 is 8.78 Å². The van der Waals surface area contributed by atoms with Gasteiger partial charge in [-0.15, -0.1) is 11.6 Å². The van der Waals surface area contributed by atoms with Crippen molar-refractivity contribution in [2.45, 2.75) is 44.4 Å². The number of alkyl halides is 1. The molecule has 1 atom stereocenters. The Bertz CT molecular complexity index is 397. The first kappa shape index (κ1) is 12.8. The third-order valence-electron chi connectivity index (χ3n) is 3.64. The van der Waals surface area contributed by atoms with Crippen molar-refractivity contribution in [1.29, 1.82) is 0 Å². The molecule has 0 saturated heterocycles. The van der Waals surface area contributed by atoms with Crippen molar-refractivity contribution in [3.05, 3.63) is 34.9 Å². The lowest BCUT2D eigenvalue weighted by Gasteiger charge is -2.26. The number of benzene rings is 1. The average molecular weight is 259 g/mol. The third kappa shape index (κ3) is 2.79. The normalized spacial score (nSPS) is 19.3. The van der Waals surface area contributed by atoms with Crippen LogP contribution < -0.4 is 0 Å². The summed E-state index contributed by atoms with van der Waals surface area (Å²) in [7, 11) is 0. The van der Waals surface area contributed by atoms with Crippen LogP contribution in [-0.2, 0) is 0 Å². The molecule has 1 saturated carbocycles. The maximum absolute atomic E-state index is 13.7. The van der Waals surface area contributed by atoms with Gasteiger partial charge >= 0.3 is 0 Å². The van der Waals surface area contributed by atoms with Crippen LogP contribution in [0.1, 0.15) is 48.6 Å². The second kappa shape index (κ2) is 5.34. The van der Waals surface area contributed by atoms with Gasteiger partial charge in [-0.3, -0.25) is 0 Å². The molecule has 94 valence electrons. The zero-order valence-electron chi connectivity index (χ0n) is 9.98. The van der Waals surface area contributed by atoms with Crippen LogP contribution >= 0.6 is 11.6 Å².